The summed E-state index contributed by atoms with van der Waals surface area (Å²) < 4.78 is 11.4. The molecule has 402 valence electrons. The molecule has 5 aromatic carbocycles. The number of fused-ring (bicyclic) bond motifs is 6. The Morgan fingerprint density at radius 3 is 1.43 bits per heavy atom. The van der Waals surface area contributed by atoms with Gasteiger partial charge in [0, 0.05) is 26.2 Å². The standard InChI is InChI=1S/C73H86O3S/c1-8-70-40-20-42-71(9-2,43-21-41-70)73(70)61-46-51(5)22-30-57(61)60-32-26-54(48-64(60)73)53-25-31-58-59-33-27-55(49-63(59)72(62(58)47-53)68(6)36-18-38-69(72,7)39-19-37-68)66-35-34-65(77-66)52-23-28-56(29-24-52)75-44-16-14-12-10-11-13-15-17-45-76-67(74)50(3)4/h22-35,46-49H,3,8-21,36-45H2,1-2,4-7H3. The van der Waals surface area contributed by atoms with Gasteiger partial charge in [0.1, 0.15) is 5.75 Å². The SMILES string of the molecule is C=C(C)C(=O)OCCCCCCCCCCOc1ccc(-c2ccc(-c3ccc4c(c3)C3(c5cc(-c6ccc7c(c6)C6(c8cc(C)ccc8-7)C7(CC)CCCC6(CC)CCC7)ccc5-4)C4(C)CCCC3(C)CCC4)s2)cc1. The van der Waals surface area contributed by atoms with E-state index in [2.05, 4.69) is 150 Å². The summed E-state index contributed by atoms with van der Waals surface area (Å²) in [6.07, 6.45) is 27.6. The van der Waals surface area contributed by atoms with Gasteiger partial charge in [0.25, 0.3) is 0 Å². The Morgan fingerprint density at radius 2 is 0.909 bits per heavy atom. The van der Waals surface area contributed by atoms with Crippen molar-refractivity contribution < 1.29 is 14.3 Å². The molecule has 77 heavy (non-hydrogen) atoms. The zero-order valence-corrected chi connectivity index (χ0v) is 48.5. The van der Waals surface area contributed by atoms with Gasteiger partial charge in [-0.1, -0.05) is 159 Å². The second kappa shape index (κ2) is 20.5. The quantitative estimate of drug-likeness (QED) is 0.0489. The highest BCUT2D eigenvalue weighted by atomic mass is 32.1. The van der Waals surface area contributed by atoms with Crippen molar-refractivity contribution in [2.45, 2.75) is 194 Å². The third-order valence-corrected chi connectivity index (χ3v) is 23.2. The van der Waals surface area contributed by atoms with E-state index in [9.17, 15) is 4.79 Å². The second-order valence-corrected chi connectivity index (χ2v) is 27.0. The minimum absolute atomic E-state index is 0.0494. The van der Waals surface area contributed by atoms with E-state index in [1.54, 1.807) is 29.2 Å². The largest absolute Gasteiger partial charge is 0.494 e. The summed E-state index contributed by atoms with van der Waals surface area (Å²) >= 11 is 1.93. The molecule has 0 amide bonds. The van der Waals surface area contributed by atoms with Gasteiger partial charge in [0.15, 0.2) is 0 Å². The van der Waals surface area contributed by atoms with Crippen molar-refractivity contribution >= 4 is 17.3 Å². The smallest absolute Gasteiger partial charge is 0.333 e. The fourth-order valence-corrected chi connectivity index (χ4v) is 19.6. The first-order chi connectivity index (χ1) is 37.4. The number of ether oxygens (including phenoxy) is 2. The summed E-state index contributed by atoms with van der Waals surface area (Å²) in [5.41, 5.74) is 20.8. The van der Waals surface area contributed by atoms with Crippen LogP contribution in [0.2, 0.25) is 0 Å². The number of aryl methyl sites for hydroxylation is 1. The van der Waals surface area contributed by atoms with Gasteiger partial charge in [-0.3, -0.25) is 0 Å². The topological polar surface area (TPSA) is 35.5 Å². The van der Waals surface area contributed by atoms with Crippen molar-refractivity contribution in [2.75, 3.05) is 13.2 Å². The number of unbranched alkanes of at least 4 members (excludes halogenated alkanes) is 7. The molecule has 0 saturated heterocycles. The van der Waals surface area contributed by atoms with E-state index in [0.29, 0.717) is 12.2 Å². The summed E-state index contributed by atoms with van der Waals surface area (Å²) in [5, 5.41) is 0. The highest BCUT2D eigenvalue weighted by molar-refractivity contribution is 7.18. The van der Waals surface area contributed by atoms with E-state index in [4.69, 9.17) is 9.47 Å². The Hall–Kier alpha value is -5.19. The lowest BCUT2D eigenvalue weighted by molar-refractivity contribution is -0.139. The maximum Gasteiger partial charge on any atom is 0.333 e. The molecule has 1 heterocycles. The number of benzene rings is 5. The highest BCUT2D eigenvalue weighted by Gasteiger charge is 2.69. The summed E-state index contributed by atoms with van der Waals surface area (Å²) in [5.74, 6) is 0.673. The Morgan fingerprint density at radius 1 is 0.494 bits per heavy atom. The van der Waals surface area contributed by atoms with Gasteiger partial charge in [0.2, 0.25) is 0 Å². The van der Waals surface area contributed by atoms with Crippen molar-refractivity contribution in [3.63, 3.8) is 0 Å². The van der Waals surface area contributed by atoms with Crippen LogP contribution in [0, 0.1) is 28.6 Å². The minimum atomic E-state index is -0.278. The summed E-state index contributed by atoms with van der Waals surface area (Å²) in [6.45, 7) is 19.4. The molecular formula is C73H86O3S. The normalized spacial score (nSPS) is 27.2. The van der Waals surface area contributed by atoms with Crippen LogP contribution >= 0.6 is 11.3 Å². The Labute approximate surface area is 466 Å². The fraction of sp³-hybridized carbons (Fsp3) is 0.493. The van der Waals surface area contributed by atoms with Crippen LogP contribution in [0.3, 0.4) is 0 Å². The molecule has 1 aromatic heterocycles. The van der Waals surface area contributed by atoms with Gasteiger partial charge in [-0.2, -0.15) is 0 Å². The molecule has 0 N–H and O–H groups in total. The zero-order chi connectivity index (χ0) is 53.2. The summed E-state index contributed by atoms with van der Waals surface area (Å²) in [7, 11) is 0. The molecule has 12 rings (SSSR count). The molecule has 4 heteroatoms. The van der Waals surface area contributed by atoms with Gasteiger partial charge < -0.3 is 9.47 Å². The molecule has 0 aliphatic heterocycles. The summed E-state index contributed by atoms with van der Waals surface area (Å²) in [4.78, 5) is 14.2. The first-order valence-corrected chi connectivity index (χ1v) is 31.4. The lowest BCUT2D eigenvalue weighted by Crippen LogP contribution is -2.61. The lowest BCUT2D eigenvalue weighted by atomic mass is 9.36. The van der Waals surface area contributed by atoms with Crippen LogP contribution in [0.4, 0.5) is 0 Å². The van der Waals surface area contributed by atoms with Crippen molar-refractivity contribution in [1.82, 2.24) is 0 Å². The third-order valence-electron chi connectivity index (χ3n) is 22.0. The van der Waals surface area contributed by atoms with E-state index >= 15 is 0 Å². The molecule has 4 bridgehead atoms. The van der Waals surface area contributed by atoms with E-state index in [-0.39, 0.29) is 38.5 Å². The van der Waals surface area contributed by atoms with Crippen LogP contribution in [0.1, 0.15) is 204 Å². The van der Waals surface area contributed by atoms with Crippen molar-refractivity contribution in [1.29, 1.82) is 0 Å². The second-order valence-electron chi connectivity index (χ2n) is 25.9. The molecule has 6 aliphatic carbocycles. The first kappa shape index (κ1) is 52.5. The molecule has 6 aromatic rings. The maximum atomic E-state index is 11.5. The number of hydrogen-bond acceptors (Lipinski definition) is 4. The third kappa shape index (κ3) is 8.15. The number of carbonyl (C=O) groups excluding carboxylic acids is 1. The number of rotatable bonds is 18. The highest BCUT2D eigenvalue weighted by Crippen LogP contribution is 2.77. The first-order valence-electron chi connectivity index (χ1n) is 30.6. The monoisotopic (exact) mass is 1040 g/mol. The number of esters is 1. The zero-order valence-electron chi connectivity index (χ0n) is 47.7. The van der Waals surface area contributed by atoms with E-state index in [1.807, 2.05) is 11.3 Å². The predicted molar refractivity (Wildman–Crippen MR) is 323 cm³/mol. The van der Waals surface area contributed by atoms with Crippen molar-refractivity contribution in [3.05, 3.63) is 149 Å². The molecule has 4 fully saturated rings. The molecule has 0 unspecified atom stereocenters. The minimum Gasteiger partial charge on any atom is -0.494 e. The number of hydrogen-bond donors (Lipinski definition) is 0. The molecule has 4 saturated carbocycles. The molecule has 2 spiro atoms. The number of carbonyl (C=O) groups is 1. The van der Waals surface area contributed by atoms with Crippen LogP contribution in [-0.4, -0.2) is 19.2 Å². The van der Waals surface area contributed by atoms with Crippen LogP contribution in [-0.2, 0) is 20.4 Å². The van der Waals surface area contributed by atoms with Crippen LogP contribution in [0.15, 0.2) is 121 Å². The van der Waals surface area contributed by atoms with Crippen LogP contribution in [0.25, 0.3) is 54.3 Å². The van der Waals surface area contributed by atoms with Gasteiger partial charge in [-0.15, -0.1) is 11.3 Å². The van der Waals surface area contributed by atoms with Gasteiger partial charge in [0.05, 0.1) is 13.2 Å². The van der Waals surface area contributed by atoms with Crippen LogP contribution < -0.4 is 4.74 Å². The Balaban J connectivity index is 0.806. The molecule has 6 aliphatic rings. The molecular weight excluding hydrogens is 957 g/mol. The average Bonchev–Trinajstić information content (AvgIpc) is 4.32. The van der Waals surface area contributed by atoms with Gasteiger partial charge in [-0.25, -0.2) is 4.79 Å². The Kier molecular flexibility index (Phi) is 14.0. The predicted octanol–water partition coefficient (Wildman–Crippen LogP) is 20.8. The van der Waals surface area contributed by atoms with Gasteiger partial charge >= 0.3 is 5.97 Å². The summed E-state index contributed by atoms with van der Waals surface area (Å²) in [6, 6.07) is 44.3. The number of thiophene rings is 1. The molecule has 3 nitrogen and oxygen atoms in total. The van der Waals surface area contributed by atoms with Gasteiger partial charge in [-0.05, 0) is 234 Å². The van der Waals surface area contributed by atoms with Crippen molar-refractivity contribution in [3.8, 4) is 60.0 Å². The molecule has 0 atom stereocenters. The Bertz CT molecular complexity index is 3140. The van der Waals surface area contributed by atoms with E-state index < -0.39 is 0 Å². The fourth-order valence-electron chi connectivity index (χ4n) is 18.6. The van der Waals surface area contributed by atoms with Crippen molar-refractivity contribution in [2.24, 2.45) is 21.7 Å². The average molecular weight is 1040 g/mol. The lowest BCUT2D eigenvalue weighted by Gasteiger charge is -2.67. The van der Waals surface area contributed by atoms with E-state index in [0.717, 1.165) is 31.6 Å². The molecule has 0 radical (unpaired) electrons. The van der Waals surface area contributed by atoms with E-state index in [1.165, 1.54) is 182 Å². The maximum absolute atomic E-state index is 11.5. The van der Waals surface area contributed by atoms with Crippen LogP contribution in [0.5, 0.6) is 5.75 Å².